The number of ether oxygens (including phenoxy) is 1. The predicted molar refractivity (Wildman–Crippen MR) is 81.7 cm³/mol. The molecule has 108 valence electrons. The van der Waals surface area contributed by atoms with E-state index in [1.54, 1.807) is 0 Å². The van der Waals surface area contributed by atoms with E-state index in [9.17, 15) is 0 Å². The smallest absolute Gasteiger partial charge is 0.0702 e. The molecule has 0 aromatic carbocycles. The van der Waals surface area contributed by atoms with E-state index >= 15 is 0 Å². The minimum Gasteiger partial charge on any atom is -0.377 e. The van der Waals surface area contributed by atoms with Crippen LogP contribution in [0.5, 0.6) is 0 Å². The van der Waals surface area contributed by atoms with Gasteiger partial charge in [0.15, 0.2) is 0 Å². The van der Waals surface area contributed by atoms with Crippen molar-refractivity contribution in [3.63, 3.8) is 0 Å². The van der Waals surface area contributed by atoms with Crippen LogP contribution in [0.25, 0.3) is 0 Å². The molecule has 3 atom stereocenters. The average Bonchev–Trinajstić information content (AvgIpc) is 2.77. The summed E-state index contributed by atoms with van der Waals surface area (Å²) in [4.78, 5) is 3.77. The molecule has 3 nitrogen and oxygen atoms in total. The lowest BCUT2D eigenvalue weighted by Crippen LogP contribution is -2.42. The lowest BCUT2D eigenvalue weighted by molar-refractivity contribution is -0.00962. The number of nitrogens with zero attached hydrogens (tertiary/aromatic N) is 1. The Balaban J connectivity index is 2.04. The maximum Gasteiger partial charge on any atom is 0.0702 e. The van der Waals surface area contributed by atoms with Gasteiger partial charge >= 0.3 is 0 Å². The summed E-state index contributed by atoms with van der Waals surface area (Å²) in [6, 6.07) is 2.61. The van der Waals surface area contributed by atoms with E-state index < -0.39 is 0 Å². The van der Waals surface area contributed by atoms with E-state index in [1.807, 2.05) is 11.3 Å². The van der Waals surface area contributed by atoms with Gasteiger partial charge in [-0.15, -0.1) is 11.3 Å². The lowest BCUT2D eigenvalue weighted by atomic mass is 10.0. The van der Waals surface area contributed by atoms with Crippen LogP contribution in [0.15, 0.2) is 11.4 Å². The summed E-state index contributed by atoms with van der Waals surface area (Å²) in [6.07, 6.45) is 4.06. The Morgan fingerprint density at radius 2 is 2.32 bits per heavy atom. The largest absolute Gasteiger partial charge is 0.377 e. The van der Waals surface area contributed by atoms with Crippen LogP contribution >= 0.6 is 11.3 Å². The van der Waals surface area contributed by atoms with Crippen LogP contribution in [-0.4, -0.2) is 37.2 Å². The topological polar surface area (TPSA) is 38.5 Å². The normalized spacial score (nSPS) is 23.5. The number of thiophene rings is 1. The molecule has 3 unspecified atom stereocenters. The monoisotopic (exact) mass is 282 g/mol. The highest BCUT2D eigenvalue weighted by Crippen LogP contribution is 2.30. The van der Waals surface area contributed by atoms with Gasteiger partial charge in [-0.05, 0) is 57.2 Å². The summed E-state index contributed by atoms with van der Waals surface area (Å²) in [5.74, 6) is 0. The highest BCUT2D eigenvalue weighted by atomic mass is 32.1. The van der Waals surface area contributed by atoms with Crippen molar-refractivity contribution < 1.29 is 4.74 Å². The molecule has 19 heavy (non-hydrogen) atoms. The fourth-order valence-corrected chi connectivity index (χ4v) is 4.12. The minimum atomic E-state index is 0.131. The maximum absolute atomic E-state index is 6.23. The fraction of sp³-hybridized carbons (Fsp3) is 0.733. The second kappa shape index (κ2) is 6.84. The zero-order valence-electron chi connectivity index (χ0n) is 12.3. The lowest BCUT2D eigenvalue weighted by Gasteiger charge is -2.34. The van der Waals surface area contributed by atoms with Crippen molar-refractivity contribution in [2.45, 2.75) is 51.3 Å². The van der Waals surface area contributed by atoms with Gasteiger partial charge in [0, 0.05) is 24.1 Å². The molecule has 0 radical (unpaired) electrons. The van der Waals surface area contributed by atoms with Gasteiger partial charge in [-0.25, -0.2) is 0 Å². The number of likely N-dealkylation sites (N-methyl/N-ethyl adjacent to an activating group) is 1. The van der Waals surface area contributed by atoms with Crippen molar-refractivity contribution in [2.24, 2.45) is 5.73 Å². The molecular formula is C15H26N2OS. The predicted octanol–water partition coefficient (Wildman–Crippen LogP) is 2.95. The van der Waals surface area contributed by atoms with E-state index in [1.165, 1.54) is 29.7 Å². The van der Waals surface area contributed by atoms with Crippen LogP contribution in [-0.2, 0) is 4.74 Å². The SMILES string of the molecule is Cc1ccsc1C(C(C)N)N(C)CC1CCCCO1. The molecule has 2 rings (SSSR count). The van der Waals surface area contributed by atoms with E-state index in [0.717, 1.165) is 13.2 Å². The molecule has 0 saturated carbocycles. The highest BCUT2D eigenvalue weighted by Gasteiger charge is 2.26. The molecule has 1 aromatic rings. The first-order chi connectivity index (χ1) is 9.09. The van der Waals surface area contributed by atoms with E-state index in [0.29, 0.717) is 12.1 Å². The standard InChI is InChI=1S/C15H26N2OS/c1-11-7-9-19-15(11)14(12(2)16)17(3)10-13-6-4-5-8-18-13/h7,9,12-14H,4-6,8,10,16H2,1-3H3. The zero-order valence-corrected chi connectivity index (χ0v) is 13.1. The first-order valence-electron chi connectivity index (χ1n) is 7.21. The molecule has 1 aliphatic rings. The van der Waals surface area contributed by atoms with Gasteiger partial charge in [-0.2, -0.15) is 0 Å². The van der Waals surface area contributed by atoms with Gasteiger partial charge in [-0.1, -0.05) is 0 Å². The number of rotatable bonds is 5. The molecular weight excluding hydrogens is 256 g/mol. The summed E-state index contributed by atoms with van der Waals surface area (Å²) < 4.78 is 5.85. The molecule has 1 aliphatic heterocycles. The zero-order chi connectivity index (χ0) is 13.8. The fourth-order valence-electron chi connectivity index (χ4n) is 2.91. The van der Waals surface area contributed by atoms with Gasteiger partial charge in [0.2, 0.25) is 0 Å². The van der Waals surface area contributed by atoms with Crippen LogP contribution in [0.4, 0.5) is 0 Å². The molecule has 0 amide bonds. The number of hydrogen-bond acceptors (Lipinski definition) is 4. The van der Waals surface area contributed by atoms with Crippen molar-refractivity contribution >= 4 is 11.3 Å². The van der Waals surface area contributed by atoms with Crippen molar-refractivity contribution in [2.75, 3.05) is 20.2 Å². The van der Waals surface area contributed by atoms with Crippen LogP contribution in [0.3, 0.4) is 0 Å². The number of aryl methyl sites for hydroxylation is 1. The van der Waals surface area contributed by atoms with Crippen molar-refractivity contribution in [3.8, 4) is 0 Å². The Labute approximate surface area is 120 Å². The summed E-state index contributed by atoms with van der Waals surface area (Å²) in [7, 11) is 2.17. The first kappa shape index (κ1) is 15.0. The Kier molecular flexibility index (Phi) is 5.39. The third-order valence-electron chi connectivity index (χ3n) is 3.91. The third-order valence-corrected chi connectivity index (χ3v) is 5.00. The highest BCUT2D eigenvalue weighted by molar-refractivity contribution is 7.10. The van der Waals surface area contributed by atoms with Crippen LogP contribution < -0.4 is 5.73 Å². The van der Waals surface area contributed by atoms with Crippen molar-refractivity contribution in [1.82, 2.24) is 4.90 Å². The molecule has 1 saturated heterocycles. The van der Waals surface area contributed by atoms with Crippen molar-refractivity contribution in [1.29, 1.82) is 0 Å². The molecule has 1 fully saturated rings. The van der Waals surface area contributed by atoms with Gasteiger partial charge < -0.3 is 10.5 Å². The summed E-state index contributed by atoms with van der Waals surface area (Å²) >= 11 is 1.81. The number of nitrogens with two attached hydrogens (primary N) is 1. The van der Waals surface area contributed by atoms with E-state index in [4.69, 9.17) is 10.5 Å². The van der Waals surface area contributed by atoms with Gasteiger partial charge in [-0.3, -0.25) is 4.90 Å². The number of hydrogen-bond donors (Lipinski definition) is 1. The molecule has 0 aliphatic carbocycles. The summed E-state index contributed by atoms with van der Waals surface area (Å²) in [5, 5.41) is 2.16. The first-order valence-corrected chi connectivity index (χ1v) is 8.09. The molecule has 4 heteroatoms. The van der Waals surface area contributed by atoms with Gasteiger partial charge in [0.25, 0.3) is 0 Å². The minimum absolute atomic E-state index is 0.131. The summed E-state index contributed by atoms with van der Waals surface area (Å²) in [5.41, 5.74) is 7.58. The van der Waals surface area contributed by atoms with Crippen molar-refractivity contribution in [3.05, 3.63) is 21.9 Å². The van der Waals surface area contributed by atoms with Crippen LogP contribution in [0, 0.1) is 6.92 Å². The molecule has 1 aromatic heterocycles. The van der Waals surface area contributed by atoms with E-state index in [-0.39, 0.29) is 6.04 Å². The van der Waals surface area contributed by atoms with Crippen LogP contribution in [0.2, 0.25) is 0 Å². The quantitative estimate of drug-likeness (QED) is 0.902. The summed E-state index contributed by atoms with van der Waals surface area (Å²) in [6.45, 7) is 6.16. The third kappa shape index (κ3) is 3.78. The molecule has 0 spiro atoms. The maximum atomic E-state index is 6.23. The van der Waals surface area contributed by atoms with Crippen LogP contribution in [0.1, 0.15) is 42.7 Å². The second-order valence-electron chi connectivity index (χ2n) is 5.70. The Morgan fingerprint density at radius 3 is 2.84 bits per heavy atom. The molecule has 2 N–H and O–H groups in total. The van der Waals surface area contributed by atoms with Gasteiger partial charge in [0.1, 0.15) is 0 Å². The average molecular weight is 282 g/mol. The van der Waals surface area contributed by atoms with E-state index in [2.05, 4.69) is 37.2 Å². The molecule has 2 heterocycles. The molecule has 0 bridgehead atoms. The van der Waals surface area contributed by atoms with Gasteiger partial charge in [0.05, 0.1) is 12.1 Å². The Hall–Kier alpha value is -0.420. The Bertz CT molecular complexity index is 385. The Morgan fingerprint density at radius 1 is 1.53 bits per heavy atom. The second-order valence-corrected chi connectivity index (χ2v) is 6.65.